The molecule has 76 valence electrons. The minimum absolute atomic E-state index is 0.363. The molecule has 1 N–H and O–H groups in total. The molecular formula is C10H14N2O2. The molecule has 0 aliphatic rings. The molecule has 0 aromatic carbocycles. The zero-order valence-corrected chi connectivity index (χ0v) is 8.56. The van der Waals surface area contributed by atoms with Crippen LogP contribution >= 0.6 is 0 Å². The molecule has 0 saturated heterocycles. The number of carboxylic acid groups (broad SMARTS) is 1. The summed E-state index contributed by atoms with van der Waals surface area (Å²) >= 11 is 0. The van der Waals surface area contributed by atoms with Gasteiger partial charge in [0.15, 0.2) is 0 Å². The smallest absolute Gasteiger partial charge is 0.313 e. The zero-order valence-electron chi connectivity index (χ0n) is 8.56. The van der Waals surface area contributed by atoms with Gasteiger partial charge >= 0.3 is 5.97 Å². The lowest BCUT2D eigenvalue weighted by Crippen LogP contribution is -2.11. The van der Waals surface area contributed by atoms with Gasteiger partial charge in [0.05, 0.1) is 0 Å². The molecule has 0 bridgehead atoms. The van der Waals surface area contributed by atoms with Crippen molar-refractivity contribution in [3.8, 4) is 0 Å². The van der Waals surface area contributed by atoms with Crippen LogP contribution in [0.4, 0.5) is 0 Å². The maximum atomic E-state index is 10.6. The van der Waals surface area contributed by atoms with Crippen LogP contribution < -0.4 is 0 Å². The highest BCUT2D eigenvalue weighted by atomic mass is 16.4. The number of hydrogen-bond acceptors (Lipinski definition) is 3. The van der Waals surface area contributed by atoms with E-state index in [-0.39, 0.29) is 0 Å². The van der Waals surface area contributed by atoms with Crippen LogP contribution in [-0.2, 0) is 4.79 Å². The Morgan fingerprint density at radius 2 is 1.79 bits per heavy atom. The summed E-state index contributed by atoms with van der Waals surface area (Å²) in [5.41, 5.74) is 1.02. The van der Waals surface area contributed by atoms with Gasteiger partial charge in [-0.05, 0) is 18.4 Å². The quantitative estimate of drug-likeness (QED) is 0.796. The second-order valence-corrected chi connectivity index (χ2v) is 3.59. The van der Waals surface area contributed by atoms with Gasteiger partial charge in [-0.1, -0.05) is 13.8 Å². The van der Waals surface area contributed by atoms with Crippen molar-refractivity contribution in [3.63, 3.8) is 0 Å². The van der Waals surface area contributed by atoms with E-state index in [1.165, 1.54) is 0 Å². The molecule has 1 rings (SSSR count). The van der Waals surface area contributed by atoms with Crippen LogP contribution in [0, 0.1) is 0 Å². The van der Waals surface area contributed by atoms with Gasteiger partial charge in [-0.3, -0.25) is 4.79 Å². The highest BCUT2D eigenvalue weighted by molar-refractivity contribution is 5.74. The fourth-order valence-electron chi connectivity index (χ4n) is 0.980. The number of carbonyl (C=O) groups is 1. The molecule has 0 spiro atoms. The number of carboxylic acids is 1. The molecule has 0 aliphatic carbocycles. The summed E-state index contributed by atoms with van der Waals surface area (Å²) in [6.07, 6.45) is 3.37. The Balaban J connectivity index is 2.88. The van der Waals surface area contributed by atoms with Gasteiger partial charge in [-0.25, -0.2) is 9.97 Å². The number of aromatic nitrogens is 2. The standard InChI is InChI=1S/C10H14N2O2/c1-6(2)8-4-11-9(12-5-8)7(3)10(13)14/h4-7H,1-3H3,(H,13,14). The van der Waals surface area contributed by atoms with E-state index in [9.17, 15) is 4.79 Å². The summed E-state index contributed by atoms with van der Waals surface area (Å²) in [6, 6.07) is 0. The molecule has 0 radical (unpaired) electrons. The fraction of sp³-hybridized carbons (Fsp3) is 0.500. The maximum Gasteiger partial charge on any atom is 0.313 e. The number of rotatable bonds is 3. The number of aliphatic carboxylic acids is 1. The van der Waals surface area contributed by atoms with Crippen molar-refractivity contribution in [3.05, 3.63) is 23.8 Å². The van der Waals surface area contributed by atoms with E-state index in [2.05, 4.69) is 9.97 Å². The highest BCUT2D eigenvalue weighted by Gasteiger charge is 2.16. The Morgan fingerprint density at radius 1 is 1.29 bits per heavy atom. The second-order valence-electron chi connectivity index (χ2n) is 3.59. The number of hydrogen-bond donors (Lipinski definition) is 1. The van der Waals surface area contributed by atoms with Crippen LogP contribution in [0.15, 0.2) is 12.4 Å². The van der Waals surface area contributed by atoms with Crippen molar-refractivity contribution < 1.29 is 9.90 Å². The minimum atomic E-state index is -0.901. The second kappa shape index (κ2) is 4.17. The van der Waals surface area contributed by atoms with Crippen LogP contribution in [0.25, 0.3) is 0 Å². The van der Waals surface area contributed by atoms with Gasteiger partial charge < -0.3 is 5.11 Å². The molecule has 1 aromatic rings. The van der Waals surface area contributed by atoms with Crippen molar-refractivity contribution >= 4 is 5.97 Å². The fourth-order valence-corrected chi connectivity index (χ4v) is 0.980. The van der Waals surface area contributed by atoms with E-state index >= 15 is 0 Å². The first-order valence-electron chi connectivity index (χ1n) is 4.57. The highest BCUT2D eigenvalue weighted by Crippen LogP contribution is 2.14. The van der Waals surface area contributed by atoms with E-state index in [1.807, 2.05) is 13.8 Å². The summed E-state index contributed by atoms with van der Waals surface area (Å²) in [7, 11) is 0. The van der Waals surface area contributed by atoms with E-state index < -0.39 is 11.9 Å². The Hall–Kier alpha value is -1.45. The minimum Gasteiger partial charge on any atom is -0.481 e. The summed E-state index contributed by atoms with van der Waals surface area (Å²) in [4.78, 5) is 18.7. The average Bonchev–Trinajstić information content (AvgIpc) is 2.16. The molecular weight excluding hydrogens is 180 g/mol. The molecule has 4 heteroatoms. The van der Waals surface area contributed by atoms with Crippen molar-refractivity contribution in [1.82, 2.24) is 9.97 Å². The largest absolute Gasteiger partial charge is 0.481 e. The lowest BCUT2D eigenvalue weighted by Gasteiger charge is -2.07. The third kappa shape index (κ3) is 2.28. The van der Waals surface area contributed by atoms with E-state index in [0.29, 0.717) is 11.7 Å². The van der Waals surface area contributed by atoms with Crippen molar-refractivity contribution in [2.45, 2.75) is 32.6 Å². The topological polar surface area (TPSA) is 63.1 Å². The summed E-state index contributed by atoms with van der Waals surface area (Å²) in [6.45, 7) is 5.66. The Kier molecular flexibility index (Phi) is 3.17. The first-order valence-corrected chi connectivity index (χ1v) is 4.57. The van der Waals surface area contributed by atoms with Gasteiger partial charge in [0.2, 0.25) is 0 Å². The predicted octanol–water partition coefficient (Wildman–Crippen LogP) is 1.79. The van der Waals surface area contributed by atoms with E-state index in [0.717, 1.165) is 5.56 Å². The molecule has 0 saturated carbocycles. The Labute approximate surface area is 83.0 Å². The van der Waals surface area contributed by atoms with Crippen LogP contribution in [0.1, 0.15) is 44.0 Å². The number of nitrogens with zero attached hydrogens (tertiary/aromatic N) is 2. The molecule has 1 heterocycles. The summed E-state index contributed by atoms with van der Waals surface area (Å²) in [5.74, 6) is -0.815. The lowest BCUT2D eigenvalue weighted by molar-refractivity contribution is -0.138. The molecule has 14 heavy (non-hydrogen) atoms. The first-order chi connectivity index (χ1) is 6.52. The lowest BCUT2D eigenvalue weighted by atomic mass is 10.1. The third-order valence-corrected chi connectivity index (χ3v) is 2.12. The average molecular weight is 194 g/mol. The molecule has 1 unspecified atom stereocenters. The van der Waals surface area contributed by atoms with Gasteiger partial charge in [-0.15, -0.1) is 0 Å². The predicted molar refractivity (Wildman–Crippen MR) is 52.2 cm³/mol. The molecule has 0 amide bonds. The molecule has 1 aromatic heterocycles. The molecule has 0 fully saturated rings. The van der Waals surface area contributed by atoms with E-state index in [1.54, 1.807) is 19.3 Å². The van der Waals surface area contributed by atoms with Crippen LogP contribution in [-0.4, -0.2) is 21.0 Å². The van der Waals surface area contributed by atoms with Gasteiger partial charge in [0, 0.05) is 12.4 Å². The third-order valence-electron chi connectivity index (χ3n) is 2.12. The van der Waals surface area contributed by atoms with Crippen LogP contribution in [0.5, 0.6) is 0 Å². The zero-order chi connectivity index (χ0) is 10.7. The summed E-state index contributed by atoms with van der Waals surface area (Å²) < 4.78 is 0. The van der Waals surface area contributed by atoms with Crippen molar-refractivity contribution in [2.24, 2.45) is 0 Å². The summed E-state index contributed by atoms with van der Waals surface area (Å²) in [5, 5.41) is 8.73. The Bertz CT molecular complexity index is 319. The van der Waals surface area contributed by atoms with Crippen LogP contribution in [0.2, 0.25) is 0 Å². The first kappa shape index (κ1) is 10.6. The monoisotopic (exact) mass is 194 g/mol. The SMILES string of the molecule is CC(C)c1cnc(C(C)C(=O)O)nc1. The van der Waals surface area contributed by atoms with Gasteiger partial charge in [-0.2, -0.15) is 0 Å². The maximum absolute atomic E-state index is 10.6. The van der Waals surface area contributed by atoms with Crippen molar-refractivity contribution in [2.75, 3.05) is 0 Å². The van der Waals surface area contributed by atoms with Gasteiger partial charge in [0.25, 0.3) is 0 Å². The van der Waals surface area contributed by atoms with Crippen LogP contribution in [0.3, 0.4) is 0 Å². The Morgan fingerprint density at radius 3 is 2.14 bits per heavy atom. The van der Waals surface area contributed by atoms with Gasteiger partial charge in [0.1, 0.15) is 11.7 Å². The van der Waals surface area contributed by atoms with E-state index in [4.69, 9.17) is 5.11 Å². The molecule has 1 atom stereocenters. The normalized spacial score (nSPS) is 12.9. The molecule has 4 nitrogen and oxygen atoms in total. The molecule has 0 aliphatic heterocycles. The van der Waals surface area contributed by atoms with Crippen molar-refractivity contribution in [1.29, 1.82) is 0 Å².